The van der Waals surface area contributed by atoms with Crippen LogP contribution in [0.15, 0.2) is 48.5 Å². The first-order chi connectivity index (χ1) is 13.1. The first-order valence-corrected chi connectivity index (χ1v) is 8.74. The summed E-state index contributed by atoms with van der Waals surface area (Å²) < 4.78 is 10.2. The van der Waals surface area contributed by atoms with Crippen LogP contribution in [0.25, 0.3) is 0 Å². The third-order valence-corrected chi connectivity index (χ3v) is 4.38. The Kier molecular flexibility index (Phi) is 6.05. The molecule has 2 amide bonds. The van der Waals surface area contributed by atoms with Crippen molar-refractivity contribution in [1.29, 1.82) is 0 Å². The summed E-state index contributed by atoms with van der Waals surface area (Å²) >= 11 is 0. The number of morpholine rings is 1. The van der Waals surface area contributed by atoms with Gasteiger partial charge in [0, 0.05) is 17.9 Å². The van der Waals surface area contributed by atoms with Crippen LogP contribution in [0, 0.1) is 0 Å². The second kappa shape index (κ2) is 8.66. The van der Waals surface area contributed by atoms with Crippen molar-refractivity contribution in [2.75, 3.05) is 37.1 Å². The first-order valence-electron chi connectivity index (χ1n) is 8.74. The molecular weight excluding hydrogens is 346 g/mol. The number of nitrogens with zero attached hydrogens (tertiary/aromatic N) is 1. The Morgan fingerprint density at radius 1 is 1.22 bits per heavy atom. The Bertz CT molecular complexity index is 790. The molecule has 0 unspecified atom stereocenters. The lowest BCUT2D eigenvalue weighted by Crippen LogP contribution is -2.41. The first kappa shape index (κ1) is 18.9. The molecule has 1 atom stereocenters. The molecule has 2 aromatic rings. The average Bonchev–Trinajstić information content (AvgIpc) is 2.69. The van der Waals surface area contributed by atoms with Gasteiger partial charge in [0.1, 0.15) is 12.4 Å². The highest BCUT2D eigenvalue weighted by Gasteiger charge is 2.20. The van der Waals surface area contributed by atoms with Crippen LogP contribution in [0.3, 0.4) is 0 Å². The molecule has 2 aromatic carbocycles. The van der Waals surface area contributed by atoms with Crippen LogP contribution in [-0.2, 0) is 20.7 Å². The maximum atomic E-state index is 12.3. The molecule has 1 heterocycles. The second-order valence-electron chi connectivity index (χ2n) is 6.29. The van der Waals surface area contributed by atoms with E-state index in [4.69, 9.17) is 15.2 Å². The zero-order valence-electron chi connectivity index (χ0n) is 15.2. The van der Waals surface area contributed by atoms with Gasteiger partial charge < -0.3 is 25.4 Å². The maximum absolute atomic E-state index is 12.3. The molecule has 1 fully saturated rings. The number of hydrogen-bond donors (Lipinski definition) is 2. The molecule has 1 aliphatic rings. The third-order valence-electron chi connectivity index (χ3n) is 4.38. The molecule has 0 saturated carbocycles. The normalized spacial score (nSPS) is 15.3. The number of nitrogens with two attached hydrogens (primary N) is 1. The van der Waals surface area contributed by atoms with Crippen molar-refractivity contribution in [2.24, 2.45) is 5.73 Å². The van der Waals surface area contributed by atoms with Crippen LogP contribution in [0.2, 0.25) is 0 Å². The second-order valence-corrected chi connectivity index (χ2v) is 6.29. The quantitative estimate of drug-likeness (QED) is 0.806. The molecule has 1 aliphatic heterocycles. The van der Waals surface area contributed by atoms with E-state index in [1.54, 1.807) is 36.3 Å². The number of ether oxygens (including phenoxy) is 2. The number of benzene rings is 2. The van der Waals surface area contributed by atoms with Crippen LogP contribution in [0.1, 0.15) is 5.56 Å². The summed E-state index contributed by atoms with van der Waals surface area (Å²) in [5.41, 5.74) is 8.40. The van der Waals surface area contributed by atoms with Gasteiger partial charge in [-0.3, -0.25) is 9.59 Å². The van der Waals surface area contributed by atoms with Crippen LogP contribution < -0.4 is 20.7 Å². The van der Waals surface area contributed by atoms with Crippen LogP contribution >= 0.6 is 0 Å². The Morgan fingerprint density at radius 3 is 2.56 bits per heavy atom. The van der Waals surface area contributed by atoms with Crippen molar-refractivity contribution in [1.82, 2.24) is 0 Å². The fourth-order valence-corrected chi connectivity index (χ4v) is 2.86. The van der Waals surface area contributed by atoms with Crippen molar-refractivity contribution >= 4 is 23.2 Å². The molecule has 0 aliphatic carbocycles. The van der Waals surface area contributed by atoms with Gasteiger partial charge in [-0.15, -0.1) is 0 Å². The zero-order chi connectivity index (χ0) is 19.2. The Balaban J connectivity index is 1.57. The molecule has 0 bridgehead atoms. The van der Waals surface area contributed by atoms with E-state index in [-0.39, 0.29) is 18.4 Å². The number of anilines is 2. The molecule has 27 heavy (non-hydrogen) atoms. The van der Waals surface area contributed by atoms with Gasteiger partial charge in [-0.05, 0) is 48.4 Å². The maximum Gasteiger partial charge on any atom is 0.253 e. The van der Waals surface area contributed by atoms with Gasteiger partial charge in [0.2, 0.25) is 5.91 Å². The summed E-state index contributed by atoms with van der Waals surface area (Å²) in [6, 6.07) is 13.9. The molecule has 1 saturated heterocycles. The van der Waals surface area contributed by atoms with Crippen molar-refractivity contribution in [2.45, 2.75) is 12.5 Å². The molecule has 7 heteroatoms. The Labute approximate surface area is 158 Å². The van der Waals surface area contributed by atoms with E-state index < -0.39 is 6.04 Å². The third kappa shape index (κ3) is 4.84. The summed E-state index contributed by atoms with van der Waals surface area (Å²) in [6.07, 6.45) is 0.427. The van der Waals surface area contributed by atoms with Crippen LogP contribution in [0.5, 0.6) is 5.75 Å². The van der Waals surface area contributed by atoms with E-state index in [1.165, 1.54) is 0 Å². The summed E-state index contributed by atoms with van der Waals surface area (Å²) in [6.45, 7) is 1.14. The Morgan fingerprint density at radius 2 is 1.93 bits per heavy atom. The highest BCUT2D eigenvalue weighted by atomic mass is 16.5. The van der Waals surface area contributed by atoms with Gasteiger partial charge in [0.05, 0.1) is 19.8 Å². The van der Waals surface area contributed by atoms with E-state index >= 15 is 0 Å². The lowest BCUT2D eigenvalue weighted by Gasteiger charge is -2.27. The lowest BCUT2D eigenvalue weighted by molar-refractivity contribution is -0.125. The predicted octanol–water partition coefficient (Wildman–Crippen LogP) is 1.57. The minimum Gasteiger partial charge on any atom is -0.497 e. The van der Waals surface area contributed by atoms with Crippen LogP contribution in [-0.4, -0.2) is 44.7 Å². The van der Waals surface area contributed by atoms with Crippen molar-refractivity contribution < 1.29 is 19.1 Å². The standard InChI is InChI=1S/C20H23N3O4/c1-26-17-8-2-14(3-9-17)12-18(21)20(25)22-15-4-6-16(7-5-15)23-10-11-27-13-19(23)24/h2-9,18H,10-13,21H2,1H3,(H,22,25)/t18-/m1/s1. The number of carbonyl (C=O) groups is 2. The van der Waals surface area contributed by atoms with Gasteiger partial charge in [-0.2, -0.15) is 0 Å². The van der Waals surface area contributed by atoms with Gasteiger partial charge in [0.25, 0.3) is 5.91 Å². The fourth-order valence-electron chi connectivity index (χ4n) is 2.86. The molecule has 0 radical (unpaired) electrons. The van der Waals surface area contributed by atoms with Crippen molar-refractivity contribution in [3.63, 3.8) is 0 Å². The van der Waals surface area contributed by atoms with Gasteiger partial charge >= 0.3 is 0 Å². The molecule has 7 nitrogen and oxygen atoms in total. The van der Waals surface area contributed by atoms with E-state index in [1.807, 2.05) is 24.3 Å². The minimum atomic E-state index is -0.668. The van der Waals surface area contributed by atoms with Gasteiger partial charge in [0.15, 0.2) is 0 Å². The number of nitrogens with one attached hydrogen (secondary N) is 1. The summed E-state index contributed by atoms with van der Waals surface area (Å²) in [5, 5.41) is 2.81. The minimum absolute atomic E-state index is 0.0699. The van der Waals surface area contributed by atoms with E-state index in [2.05, 4.69) is 5.32 Å². The van der Waals surface area contributed by atoms with Gasteiger partial charge in [-0.1, -0.05) is 12.1 Å². The molecule has 3 N–H and O–H groups in total. The summed E-state index contributed by atoms with van der Waals surface area (Å²) in [7, 11) is 1.61. The molecule has 3 rings (SSSR count). The smallest absolute Gasteiger partial charge is 0.253 e. The summed E-state index contributed by atoms with van der Waals surface area (Å²) in [4.78, 5) is 25.9. The molecule has 0 aromatic heterocycles. The van der Waals surface area contributed by atoms with Crippen LogP contribution in [0.4, 0.5) is 11.4 Å². The number of carbonyl (C=O) groups excluding carboxylic acids is 2. The molecule has 0 spiro atoms. The average molecular weight is 369 g/mol. The summed E-state index contributed by atoms with van der Waals surface area (Å²) in [5.74, 6) is 0.427. The molecular formula is C20H23N3O4. The highest BCUT2D eigenvalue weighted by Crippen LogP contribution is 2.20. The number of rotatable bonds is 6. The lowest BCUT2D eigenvalue weighted by atomic mass is 10.1. The van der Waals surface area contributed by atoms with E-state index in [9.17, 15) is 9.59 Å². The number of hydrogen-bond acceptors (Lipinski definition) is 5. The topological polar surface area (TPSA) is 93.9 Å². The van der Waals surface area contributed by atoms with E-state index in [0.29, 0.717) is 25.3 Å². The van der Waals surface area contributed by atoms with Crippen molar-refractivity contribution in [3.05, 3.63) is 54.1 Å². The SMILES string of the molecule is COc1ccc(C[C@@H](N)C(=O)Nc2ccc(N3CCOCC3=O)cc2)cc1. The van der Waals surface area contributed by atoms with Crippen molar-refractivity contribution in [3.8, 4) is 5.75 Å². The van der Waals surface area contributed by atoms with E-state index in [0.717, 1.165) is 17.0 Å². The monoisotopic (exact) mass is 369 g/mol. The largest absolute Gasteiger partial charge is 0.497 e. The molecule has 142 valence electrons. The number of amides is 2. The Hall–Kier alpha value is -2.90. The fraction of sp³-hybridized carbons (Fsp3) is 0.300. The zero-order valence-corrected chi connectivity index (χ0v) is 15.2. The highest BCUT2D eigenvalue weighted by molar-refractivity contribution is 5.97. The number of methoxy groups -OCH3 is 1. The predicted molar refractivity (Wildman–Crippen MR) is 103 cm³/mol. The van der Waals surface area contributed by atoms with Gasteiger partial charge in [-0.25, -0.2) is 0 Å².